The molecule has 3 rings (SSSR count). The van der Waals surface area contributed by atoms with Gasteiger partial charge < -0.3 is 14.9 Å². The zero-order chi connectivity index (χ0) is 18.8. The number of rotatable bonds is 5. The number of hydrogen-bond donors (Lipinski definition) is 3. The predicted molar refractivity (Wildman–Crippen MR) is 88.8 cm³/mol. The van der Waals surface area contributed by atoms with E-state index in [1.54, 1.807) is 0 Å². The molecule has 1 aromatic carbocycles. The van der Waals surface area contributed by atoms with Gasteiger partial charge in [0, 0.05) is 36.7 Å². The first-order valence-electron chi connectivity index (χ1n) is 7.91. The van der Waals surface area contributed by atoms with E-state index in [0.717, 1.165) is 0 Å². The average Bonchev–Trinajstić information content (AvgIpc) is 2.98. The highest BCUT2D eigenvalue weighted by atomic mass is 16.6. The molecule has 10 nitrogen and oxygen atoms in total. The van der Waals surface area contributed by atoms with Crippen molar-refractivity contribution < 1.29 is 19.9 Å². The van der Waals surface area contributed by atoms with Crippen LogP contribution < -0.4 is 11.2 Å². The Balaban J connectivity index is 1.88. The lowest BCUT2D eigenvalue weighted by atomic mass is 10.1. The van der Waals surface area contributed by atoms with Crippen LogP contribution in [0.2, 0.25) is 0 Å². The molecule has 0 saturated carbocycles. The fraction of sp³-hybridized carbons (Fsp3) is 0.375. The molecule has 1 aliphatic rings. The van der Waals surface area contributed by atoms with Crippen molar-refractivity contribution in [3.8, 4) is 0 Å². The number of ether oxygens (including phenoxy) is 1. The van der Waals surface area contributed by atoms with E-state index in [-0.39, 0.29) is 30.7 Å². The van der Waals surface area contributed by atoms with E-state index in [0.29, 0.717) is 5.56 Å². The molecule has 0 unspecified atom stereocenters. The van der Waals surface area contributed by atoms with E-state index in [4.69, 9.17) is 9.84 Å². The number of benzene rings is 1. The van der Waals surface area contributed by atoms with Crippen molar-refractivity contribution in [2.24, 2.45) is 0 Å². The molecule has 26 heavy (non-hydrogen) atoms. The van der Waals surface area contributed by atoms with Gasteiger partial charge in [-0.1, -0.05) is 12.1 Å². The molecular weight excluding hydrogens is 346 g/mol. The molecule has 3 N–H and O–H groups in total. The van der Waals surface area contributed by atoms with E-state index >= 15 is 0 Å². The van der Waals surface area contributed by atoms with Crippen LogP contribution in [-0.2, 0) is 11.2 Å². The molecule has 0 aliphatic carbocycles. The van der Waals surface area contributed by atoms with Crippen LogP contribution in [0.15, 0.2) is 40.1 Å². The van der Waals surface area contributed by atoms with Crippen LogP contribution in [-0.4, -0.2) is 43.5 Å². The van der Waals surface area contributed by atoms with Gasteiger partial charge in [-0.2, -0.15) is 0 Å². The Morgan fingerprint density at radius 3 is 2.58 bits per heavy atom. The molecule has 0 amide bonds. The van der Waals surface area contributed by atoms with E-state index in [2.05, 4.69) is 4.98 Å². The van der Waals surface area contributed by atoms with Crippen LogP contribution in [0.4, 0.5) is 5.69 Å². The van der Waals surface area contributed by atoms with Crippen molar-refractivity contribution in [1.29, 1.82) is 0 Å². The number of non-ortho nitro benzene ring substituents is 1. The van der Waals surface area contributed by atoms with Gasteiger partial charge in [0.25, 0.3) is 11.2 Å². The second-order valence-corrected chi connectivity index (χ2v) is 6.04. The van der Waals surface area contributed by atoms with Gasteiger partial charge in [0.15, 0.2) is 0 Å². The average molecular weight is 363 g/mol. The Morgan fingerprint density at radius 1 is 1.31 bits per heavy atom. The van der Waals surface area contributed by atoms with E-state index < -0.39 is 34.6 Å². The van der Waals surface area contributed by atoms with Crippen molar-refractivity contribution >= 4 is 5.69 Å². The van der Waals surface area contributed by atoms with E-state index in [9.17, 15) is 24.8 Å². The Labute approximate surface area is 146 Å². The summed E-state index contributed by atoms with van der Waals surface area (Å²) in [6.07, 6.45) is -0.902. The summed E-state index contributed by atoms with van der Waals surface area (Å²) in [6, 6.07) is 5.74. The smallest absolute Gasteiger partial charge is 0.330 e. The number of aliphatic hydroxyl groups excluding tert-OH is 2. The number of nitrogens with one attached hydrogen (secondary N) is 1. The monoisotopic (exact) mass is 363 g/mol. The van der Waals surface area contributed by atoms with Crippen LogP contribution in [0.25, 0.3) is 0 Å². The number of hydrogen-bond acceptors (Lipinski definition) is 7. The molecule has 0 radical (unpaired) electrons. The molecule has 138 valence electrons. The zero-order valence-corrected chi connectivity index (χ0v) is 13.6. The molecule has 2 heterocycles. The van der Waals surface area contributed by atoms with E-state index in [1.165, 1.54) is 35.0 Å². The summed E-state index contributed by atoms with van der Waals surface area (Å²) < 4.78 is 6.61. The summed E-state index contributed by atoms with van der Waals surface area (Å²) in [7, 11) is 0. The Hall–Kier alpha value is -2.82. The molecule has 1 fully saturated rings. The van der Waals surface area contributed by atoms with Crippen LogP contribution in [0.1, 0.15) is 23.8 Å². The van der Waals surface area contributed by atoms with Gasteiger partial charge >= 0.3 is 5.69 Å². The SMILES string of the molecule is O=c1[nH]c(=O)n([C@H]2C[C@H](O)[C@@H](CO)O2)cc1Cc1ccc([N+](=O)[O-])cc1. The second kappa shape index (κ2) is 7.20. The van der Waals surface area contributed by atoms with Gasteiger partial charge in [-0.25, -0.2) is 4.79 Å². The van der Waals surface area contributed by atoms with Crippen LogP contribution in [0, 0.1) is 10.1 Å². The maximum Gasteiger partial charge on any atom is 0.330 e. The minimum absolute atomic E-state index is 0.0592. The molecule has 3 atom stereocenters. The highest BCUT2D eigenvalue weighted by molar-refractivity contribution is 5.34. The highest BCUT2D eigenvalue weighted by Crippen LogP contribution is 2.27. The first-order chi connectivity index (χ1) is 12.4. The topological polar surface area (TPSA) is 148 Å². The molecule has 1 aromatic heterocycles. The molecule has 1 saturated heterocycles. The third-order valence-electron chi connectivity index (χ3n) is 4.28. The molecule has 0 bridgehead atoms. The normalized spacial score (nSPS) is 22.5. The Kier molecular flexibility index (Phi) is 4.98. The number of nitro benzene ring substituents is 1. The van der Waals surface area contributed by atoms with Crippen molar-refractivity contribution in [2.45, 2.75) is 31.3 Å². The summed E-state index contributed by atoms with van der Waals surface area (Å²) in [5, 5.41) is 29.7. The summed E-state index contributed by atoms with van der Waals surface area (Å²) in [6.45, 7) is -0.384. The summed E-state index contributed by atoms with van der Waals surface area (Å²) in [5.41, 5.74) is -0.382. The van der Waals surface area contributed by atoms with Crippen LogP contribution in [0.3, 0.4) is 0 Å². The van der Waals surface area contributed by atoms with Gasteiger partial charge in [0.1, 0.15) is 12.3 Å². The number of aliphatic hydroxyl groups is 2. The first kappa shape index (κ1) is 18.0. The van der Waals surface area contributed by atoms with Gasteiger partial charge in [-0.15, -0.1) is 0 Å². The van der Waals surface area contributed by atoms with Crippen molar-refractivity contribution in [3.05, 3.63) is 72.5 Å². The highest BCUT2D eigenvalue weighted by Gasteiger charge is 2.35. The lowest BCUT2D eigenvalue weighted by Crippen LogP contribution is -2.34. The largest absolute Gasteiger partial charge is 0.394 e. The van der Waals surface area contributed by atoms with Gasteiger partial charge in [-0.3, -0.25) is 24.5 Å². The number of aromatic nitrogens is 2. The molecular formula is C16H17N3O7. The van der Waals surface area contributed by atoms with Crippen LogP contribution in [0.5, 0.6) is 0 Å². The van der Waals surface area contributed by atoms with Gasteiger partial charge in [0.2, 0.25) is 0 Å². The lowest BCUT2D eigenvalue weighted by Gasteiger charge is -2.15. The molecule has 1 aliphatic heterocycles. The number of aromatic amines is 1. The predicted octanol–water partition coefficient (Wildman–Crippen LogP) is -0.324. The number of nitro groups is 1. The lowest BCUT2D eigenvalue weighted by molar-refractivity contribution is -0.384. The Bertz CT molecular complexity index is 919. The quantitative estimate of drug-likeness (QED) is 0.487. The van der Waals surface area contributed by atoms with Gasteiger partial charge in [0.05, 0.1) is 17.6 Å². The Morgan fingerprint density at radius 2 is 2.00 bits per heavy atom. The van der Waals surface area contributed by atoms with Crippen LogP contribution >= 0.6 is 0 Å². The maximum absolute atomic E-state index is 12.1. The third-order valence-corrected chi connectivity index (χ3v) is 4.28. The minimum Gasteiger partial charge on any atom is -0.394 e. The van der Waals surface area contributed by atoms with Crippen molar-refractivity contribution in [1.82, 2.24) is 9.55 Å². The standard InChI is InChI=1S/C16H17N3O7/c20-8-13-12(21)6-14(26-13)18-7-10(15(22)17-16(18)23)5-9-1-3-11(4-2-9)19(24)25/h1-4,7,12-14,20-21H,5-6,8H2,(H,17,22,23)/t12-,13+,14+/m0/s1. The molecule has 0 spiro atoms. The fourth-order valence-electron chi connectivity index (χ4n) is 2.87. The fourth-order valence-corrected chi connectivity index (χ4v) is 2.87. The second-order valence-electron chi connectivity index (χ2n) is 6.04. The number of H-pyrrole nitrogens is 1. The number of nitrogens with zero attached hydrogens (tertiary/aromatic N) is 2. The summed E-state index contributed by atoms with van der Waals surface area (Å²) in [5.74, 6) is 0. The third kappa shape index (κ3) is 3.57. The van der Waals surface area contributed by atoms with Crippen molar-refractivity contribution in [3.63, 3.8) is 0 Å². The van der Waals surface area contributed by atoms with Crippen molar-refractivity contribution in [2.75, 3.05) is 6.61 Å². The molecule has 10 heteroatoms. The summed E-state index contributed by atoms with van der Waals surface area (Å²) >= 11 is 0. The summed E-state index contributed by atoms with van der Waals surface area (Å²) in [4.78, 5) is 36.5. The first-order valence-corrected chi connectivity index (χ1v) is 7.91. The maximum atomic E-state index is 12.1. The molecule has 2 aromatic rings. The minimum atomic E-state index is -0.915. The van der Waals surface area contributed by atoms with E-state index in [1.807, 2.05) is 0 Å². The van der Waals surface area contributed by atoms with Gasteiger partial charge in [-0.05, 0) is 5.56 Å². The zero-order valence-electron chi connectivity index (χ0n) is 13.6.